The Kier molecular flexibility index (Phi) is 5.41. The van der Waals surface area contributed by atoms with Crippen molar-refractivity contribution < 1.29 is 18.0 Å². The fraction of sp³-hybridized carbons (Fsp3) is 0.188. The first-order chi connectivity index (χ1) is 12.0. The highest BCUT2D eigenvalue weighted by molar-refractivity contribution is 6.31. The largest absolute Gasteiger partial charge is 0.417 e. The molecule has 0 spiro atoms. The number of aryl methyl sites for hydroxylation is 1. The Morgan fingerprint density at radius 1 is 1.23 bits per heavy atom. The molecule has 0 saturated heterocycles. The van der Waals surface area contributed by atoms with Gasteiger partial charge in [0.05, 0.1) is 16.1 Å². The van der Waals surface area contributed by atoms with Gasteiger partial charge in [0.25, 0.3) is 5.56 Å². The van der Waals surface area contributed by atoms with Crippen LogP contribution in [0.1, 0.15) is 11.1 Å². The maximum atomic E-state index is 12.8. The van der Waals surface area contributed by atoms with Crippen LogP contribution in [0.2, 0.25) is 5.02 Å². The van der Waals surface area contributed by atoms with Gasteiger partial charge in [-0.1, -0.05) is 11.6 Å². The van der Waals surface area contributed by atoms with Gasteiger partial charge in [0.2, 0.25) is 5.91 Å². The van der Waals surface area contributed by atoms with Gasteiger partial charge in [0.15, 0.2) is 0 Å². The molecule has 0 fully saturated rings. The standard InChI is InChI=1S/C16H13ClF3N3O3/c1-22-8-9(14(25)23(2)15(22)26)3-6-13(24)21-10-4-5-12(17)11(7-10)16(18,19)20/h3-8H,1-2H3,(H,21,24)/b6-3+. The van der Waals surface area contributed by atoms with Gasteiger partial charge in [-0.15, -0.1) is 0 Å². The number of anilines is 1. The highest BCUT2D eigenvalue weighted by atomic mass is 35.5. The molecule has 1 amide bonds. The summed E-state index contributed by atoms with van der Waals surface area (Å²) in [6, 6.07) is 2.94. The molecule has 138 valence electrons. The number of aromatic nitrogens is 2. The summed E-state index contributed by atoms with van der Waals surface area (Å²) < 4.78 is 40.5. The number of amides is 1. The minimum Gasteiger partial charge on any atom is -0.322 e. The summed E-state index contributed by atoms with van der Waals surface area (Å²) in [6.45, 7) is 0. The summed E-state index contributed by atoms with van der Waals surface area (Å²) in [7, 11) is 2.72. The maximum absolute atomic E-state index is 12.8. The van der Waals surface area contributed by atoms with Crippen molar-refractivity contribution in [1.82, 2.24) is 9.13 Å². The minimum absolute atomic E-state index is 0.0665. The van der Waals surface area contributed by atoms with Crippen molar-refractivity contribution in [2.24, 2.45) is 14.1 Å². The summed E-state index contributed by atoms with van der Waals surface area (Å²) in [5.41, 5.74) is -2.25. The molecule has 0 aliphatic carbocycles. The van der Waals surface area contributed by atoms with Crippen LogP contribution in [0.4, 0.5) is 18.9 Å². The van der Waals surface area contributed by atoms with E-state index in [2.05, 4.69) is 5.32 Å². The quantitative estimate of drug-likeness (QED) is 0.822. The second-order valence-corrected chi connectivity index (χ2v) is 5.76. The SMILES string of the molecule is Cn1cc(/C=C/C(=O)Nc2ccc(Cl)c(C(F)(F)F)c2)c(=O)n(C)c1=O. The Bertz CT molecular complexity index is 1010. The summed E-state index contributed by atoms with van der Waals surface area (Å²) in [5, 5.41) is 1.76. The Hall–Kier alpha value is -2.81. The molecular weight excluding hydrogens is 375 g/mol. The van der Waals surface area contributed by atoms with Crippen molar-refractivity contribution in [3.05, 3.63) is 67.5 Å². The first-order valence-electron chi connectivity index (χ1n) is 7.13. The lowest BCUT2D eigenvalue weighted by Gasteiger charge is -2.11. The van der Waals surface area contributed by atoms with Crippen LogP contribution in [0.5, 0.6) is 0 Å². The van der Waals surface area contributed by atoms with Crippen molar-refractivity contribution in [3.8, 4) is 0 Å². The molecule has 0 radical (unpaired) electrons. The van der Waals surface area contributed by atoms with E-state index < -0.39 is 33.9 Å². The third kappa shape index (κ3) is 4.23. The fourth-order valence-corrected chi connectivity index (χ4v) is 2.34. The molecule has 1 aromatic heterocycles. The number of carbonyl (C=O) groups is 1. The number of benzene rings is 1. The van der Waals surface area contributed by atoms with Crippen LogP contribution in [-0.4, -0.2) is 15.0 Å². The summed E-state index contributed by atoms with van der Waals surface area (Å²) in [5.74, 6) is -0.753. The van der Waals surface area contributed by atoms with E-state index in [0.29, 0.717) is 6.07 Å². The van der Waals surface area contributed by atoms with E-state index in [0.717, 1.165) is 27.4 Å². The third-order valence-electron chi connectivity index (χ3n) is 3.43. The van der Waals surface area contributed by atoms with E-state index in [1.54, 1.807) is 0 Å². The van der Waals surface area contributed by atoms with Gasteiger partial charge in [0.1, 0.15) is 0 Å². The number of carbonyl (C=O) groups excluding carboxylic acids is 1. The summed E-state index contributed by atoms with van der Waals surface area (Å²) in [4.78, 5) is 35.4. The zero-order valence-electron chi connectivity index (χ0n) is 13.6. The van der Waals surface area contributed by atoms with Crippen LogP contribution in [0.25, 0.3) is 6.08 Å². The Morgan fingerprint density at radius 3 is 2.50 bits per heavy atom. The van der Waals surface area contributed by atoms with Crippen molar-refractivity contribution in [3.63, 3.8) is 0 Å². The molecule has 0 unspecified atom stereocenters. The van der Waals surface area contributed by atoms with Crippen molar-refractivity contribution in [2.75, 3.05) is 5.32 Å². The van der Waals surface area contributed by atoms with E-state index in [-0.39, 0.29) is 11.3 Å². The molecule has 1 heterocycles. The van der Waals surface area contributed by atoms with Crippen LogP contribution in [0.15, 0.2) is 40.1 Å². The number of hydrogen-bond acceptors (Lipinski definition) is 3. The maximum Gasteiger partial charge on any atom is 0.417 e. The van der Waals surface area contributed by atoms with E-state index in [4.69, 9.17) is 11.6 Å². The van der Waals surface area contributed by atoms with Crippen molar-refractivity contribution in [1.29, 1.82) is 0 Å². The Balaban J connectivity index is 2.24. The molecule has 2 rings (SSSR count). The first-order valence-corrected chi connectivity index (χ1v) is 7.51. The number of nitrogens with zero attached hydrogens (tertiary/aromatic N) is 2. The lowest BCUT2D eigenvalue weighted by molar-refractivity contribution is -0.137. The highest BCUT2D eigenvalue weighted by Gasteiger charge is 2.33. The van der Waals surface area contributed by atoms with Crippen molar-refractivity contribution in [2.45, 2.75) is 6.18 Å². The van der Waals surface area contributed by atoms with Gasteiger partial charge in [-0.25, -0.2) is 4.79 Å². The van der Waals surface area contributed by atoms with E-state index in [1.807, 2.05) is 0 Å². The van der Waals surface area contributed by atoms with Crippen molar-refractivity contribution >= 4 is 29.3 Å². The molecule has 1 N–H and O–H groups in total. The Labute approximate surface area is 150 Å². The van der Waals surface area contributed by atoms with Crippen LogP contribution in [-0.2, 0) is 25.1 Å². The van der Waals surface area contributed by atoms with Crippen LogP contribution < -0.4 is 16.6 Å². The molecule has 0 bridgehead atoms. The monoisotopic (exact) mass is 387 g/mol. The average molecular weight is 388 g/mol. The number of nitrogens with one attached hydrogen (secondary N) is 1. The molecule has 0 saturated carbocycles. The van der Waals surface area contributed by atoms with Gasteiger partial charge < -0.3 is 9.88 Å². The molecule has 0 atom stereocenters. The predicted octanol–water partition coefficient (Wildman–Crippen LogP) is 2.41. The molecule has 0 aliphatic heterocycles. The second kappa shape index (κ2) is 7.20. The minimum atomic E-state index is -4.66. The second-order valence-electron chi connectivity index (χ2n) is 5.36. The summed E-state index contributed by atoms with van der Waals surface area (Å²) in [6.07, 6.45) is -1.27. The van der Waals surface area contributed by atoms with Gasteiger partial charge >= 0.3 is 11.9 Å². The van der Waals surface area contributed by atoms with E-state index in [1.165, 1.54) is 26.4 Å². The first kappa shape index (κ1) is 19.5. The number of alkyl halides is 3. The lowest BCUT2D eigenvalue weighted by atomic mass is 10.2. The van der Waals surface area contributed by atoms with Gasteiger partial charge in [-0.05, 0) is 24.3 Å². The number of halogens is 4. The fourth-order valence-electron chi connectivity index (χ4n) is 2.12. The van der Waals surface area contributed by atoms with Gasteiger partial charge in [-0.3, -0.25) is 14.2 Å². The smallest absolute Gasteiger partial charge is 0.322 e. The van der Waals surface area contributed by atoms with Crippen LogP contribution in [0.3, 0.4) is 0 Å². The zero-order chi connectivity index (χ0) is 19.6. The molecule has 1 aromatic carbocycles. The van der Waals surface area contributed by atoms with E-state index in [9.17, 15) is 27.6 Å². The molecule has 2 aromatic rings. The third-order valence-corrected chi connectivity index (χ3v) is 3.76. The summed E-state index contributed by atoms with van der Waals surface area (Å²) >= 11 is 5.51. The number of rotatable bonds is 3. The molecule has 10 heteroatoms. The molecule has 0 aliphatic rings. The van der Waals surface area contributed by atoms with Crippen LogP contribution in [0, 0.1) is 0 Å². The molecule has 26 heavy (non-hydrogen) atoms. The van der Waals surface area contributed by atoms with E-state index >= 15 is 0 Å². The highest BCUT2D eigenvalue weighted by Crippen LogP contribution is 2.36. The predicted molar refractivity (Wildman–Crippen MR) is 91.0 cm³/mol. The van der Waals surface area contributed by atoms with Gasteiger partial charge in [0, 0.05) is 32.1 Å². The Morgan fingerprint density at radius 2 is 1.88 bits per heavy atom. The topological polar surface area (TPSA) is 73.1 Å². The number of hydrogen-bond donors (Lipinski definition) is 1. The lowest BCUT2D eigenvalue weighted by Crippen LogP contribution is -2.37. The zero-order valence-corrected chi connectivity index (χ0v) is 14.4. The molecular formula is C16H13ClF3N3O3. The average Bonchev–Trinajstić information content (AvgIpc) is 2.55. The van der Waals surface area contributed by atoms with Crippen LogP contribution >= 0.6 is 11.6 Å². The normalized spacial score (nSPS) is 11.8. The molecule has 6 nitrogen and oxygen atoms in total. The van der Waals surface area contributed by atoms with Gasteiger partial charge in [-0.2, -0.15) is 13.2 Å².